The third kappa shape index (κ3) is 5.22. The molecule has 0 bridgehead atoms. The van der Waals surface area contributed by atoms with Crippen molar-refractivity contribution >= 4 is 40.7 Å². The van der Waals surface area contributed by atoms with E-state index in [1.807, 2.05) is 66.7 Å². The number of ether oxygens (including phenoxy) is 2. The molecular formula is C33H25ClN2O5S. The third-order valence-corrected chi connectivity index (χ3v) is 8.03. The second-order valence-corrected chi connectivity index (χ2v) is 10.9. The lowest BCUT2D eigenvalue weighted by molar-refractivity contribution is -0.138. The van der Waals surface area contributed by atoms with Gasteiger partial charge in [0.15, 0.2) is 4.80 Å². The van der Waals surface area contributed by atoms with Gasteiger partial charge in [-0.05, 0) is 48.9 Å². The lowest BCUT2D eigenvalue weighted by Gasteiger charge is -2.26. The molecule has 0 saturated heterocycles. The summed E-state index contributed by atoms with van der Waals surface area (Å²) in [6, 6.07) is 26.9. The molecule has 1 atom stereocenters. The van der Waals surface area contributed by atoms with E-state index in [0.717, 1.165) is 16.7 Å². The maximum Gasteiger partial charge on any atom is 0.338 e. The van der Waals surface area contributed by atoms with Gasteiger partial charge in [-0.25, -0.2) is 9.79 Å². The van der Waals surface area contributed by atoms with Crippen molar-refractivity contribution < 1.29 is 18.7 Å². The average Bonchev–Trinajstić information content (AvgIpc) is 3.61. The molecule has 1 unspecified atom stereocenters. The van der Waals surface area contributed by atoms with Crippen LogP contribution in [0, 0.1) is 0 Å². The maximum absolute atomic E-state index is 14.0. The molecule has 0 radical (unpaired) electrons. The monoisotopic (exact) mass is 596 g/mol. The van der Waals surface area contributed by atoms with Gasteiger partial charge in [-0.15, -0.1) is 0 Å². The van der Waals surface area contributed by atoms with Crippen LogP contribution in [-0.4, -0.2) is 24.3 Å². The Morgan fingerprint density at radius 1 is 1.02 bits per heavy atom. The molecule has 42 heavy (non-hydrogen) atoms. The molecule has 0 spiro atoms. The molecule has 0 amide bonds. The average molecular weight is 597 g/mol. The van der Waals surface area contributed by atoms with Crippen LogP contribution in [0.4, 0.5) is 0 Å². The summed E-state index contributed by atoms with van der Waals surface area (Å²) in [5.74, 6) is 1.25. The smallest absolute Gasteiger partial charge is 0.338 e. The molecule has 6 rings (SSSR count). The van der Waals surface area contributed by atoms with Crippen molar-refractivity contribution in [3.63, 3.8) is 0 Å². The predicted molar refractivity (Wildman–Crippen MR) is 163 cm³/mol. The first kappa shape index (κ1) is 27.5. The number of carbonyl (C=O) groups excluding carboxylic acids is 1. The molecule has 0 N–H and O–H groups in total. The SMILES string of the molecule is CCOC(=O)C1=C(c2ccccc2)N=c2s/c(=C\c3ccc(-c4cccc(Cl)c4)o3)c(=O)n2C1c1ccc(OC)cc1. The molecule has 0 fully saturated rings. The predicted octanol–water partition coefficient (Wildman–Crippen LogP) is 5.86. The Kier molecular flexibility index (Phi) is 7.65. The lowest BCUT2D eigenvalue weighted by Crippen LogP contribution is -2.40. The fraction of sp³-hybridized carbons (Fsp3) is 0.121. The molecule has 3 heterocycles. The summed E-state index contributed by atoms with van der Waals surface area (Å²) in [6.45, 7) is 1.93. The van der Waals surface area contributed by atoms with Crippen molar-refractivity contribution in [2.24, 2.45) is 4.99 Å². The van der Waals surface area contributed by atoms with Crippen LogP contribution in [0.15, 0.2) is 111 Å². The number of benzene rings is 3. The van der Waals surface area contributed by atoms with Gasteiger partial charge in [0.2, 0.25) is 0 Å². The molecule has 7 nitrogen and oxygen atoms in total. The highest BCUT2D eigenvalue weighted by Gasteiger charge is 2.35. The number of halogens is 1. The van der Waals surface area contributed by atoms with E-state index in [1.165, 1.54) is 11.3 Å². The zero-order valence-electron chi connectivity index (χ0n) is 22.7. The Hall–Kier alpha value is -4.66. The second-order valence-electron chi connectivity index (χ2n) is 9.42. The summed E-state index contributed by atoms with van der Waals surface area (Å²) in [6.07, 6.45) is 1.69. The van der Waals surface area contributed by atoms with Gasteiger partial charge in [0.05, 0.1) is 35.6 Å². The van der Waals surface area contributed by atoms with Gasteiger partial charge in [-0.1, -0.05) is 77.5 Å². The summed E-state index contributed by atoms with van der Waals surface area (Å²) in [5.41, 5.74) is 2.74. The van der Waals surface area contributed by atoms with Gasteiger partial charge in [-0.3, -0.25) is 9.36 Å². The Morgan fingerprint density at radius 2 is 1.79 bits per heavy atom. The molecule has 210 valence electrons. The van der Waals surface area contributed by atoms with Crippen LogP contribution < -0.4 is 19.6 Å². The van der Waals surface area contributed by atoms with E-state index in [1.54, 1.807) is 48.9 Å². The first-order chi connectivity index (χ1) is 20.5. The van der Waals surface area contributed by atoms with E-state index >= 15 is 0 Å². The molecule has 2 aromatic heterocycles. The zero-order chi connectivity index (χ0) is 29.2. The summed E-state index contributed by atoms with van der Waals surface area (Å²) >= 11 is 7.39. The fourth-order valence-corrected chi connectivity index (χ4v) is 6.07. The maximum atomic E-state index is 14.0. The molecule has 0 aliphatic carbocycles. The highest BCUT2D eigenvalue weighted by Crippen LogP contribution is 2.35. The van der Waals surface area contributed by atoms with Crippen molar-refractivity contribution in [3.8, 4) is 17.1 Å². The zero-order valence-corrected chi connectivity index (χ0v) is 24.3. The summed E-state index contributed by atoms with van der Waals surface area (Å²) in [5, 5.41) is 0.601. The van der Waals surface area contributed by atoms with Crippen LogP contribution in [0.3, 0.4) is 0 Å². The van der Waals surface area contributed by atoms with Crippen molar-refractivity contribution in [3.05, 3.63) is 138 Å². The molecule has 0 saturated carbocycles. The number of rotatable bonds is 7. The second kappa shape index (κ2) is 11.7. The fourth-order valence-electron chi connectivity index (χ4n) is 4.90. The van der Waals surface area contributed by atoms with Gasteiger partial charge in [-0.2, -0.15) is 0 Å². The van der Waals surface area contributed by atoms with Crippen LogP contribution in [0.25, 0.3) is 23.1 Å². The van der Waals surface area contributed by atoms with Gasteiger partial charge in [0, 0.05) is 22.2 Å². The summed E-state index contributed by atoms with van der Waals surface area (Å²) < 4.78 is 18.9. The Balaban J connectivity index is 1.56. The quantitative estimate of drug-likeness (QED) is 0.220. The number of fused-ring (bicyclic) bond motifs is 1. The number of hydrogen-bond donors (Lipinski definition) is 0. The first-order valence-electron chi connectivity index (χ1n) is 13.2. The van der Waals surface area contributed by atoms with E-state index in [-0.39, 0.29) is 17.7 Å². The van der Waals surface area contributed by atoms with Crippen molar-refractivity contribution in [2.45, 2.75) is 13.0 Å². The minimum absolute atomic E-state index is 0.178. The number of esters is 1. The molecule has 9 heteroatoms. The van der Waals surface area contributed by atoms with E-state index < -0.39 is 12.0 Å². The van der Waals surface area contributed by atoms with Crippen LogP contribution in [0.5, 0.6) is 5.75 Å². The van der Waals surface area contributed by atoms with Gasteiger partial charge >= 0.3 is 5.97 Å². The number of thiazole rings is 1. The number of hydrogen-bond acceptors (Lipinski definition) is 7. The van der Waals surface area contributed by atoms with Gasteiger partial charge < -0.3 is 13.9 Å². The van der Waals surface area contributed by atoms with Crippen molar-refractivity contribution in [1.82, 2.24) is 4.57 Å². The number of methoxy groups -OCH3 is 1. The number of nitrogens with zero attached hydrogens (tertiary/aromatic N) is 2. The molecule has 1 aliphatic rings. The van der Waals surface area contributed by atoms with E-state index in [9.17, 15) is 9.59 Å². The summed E-state index contributed by atoms with van der Waals surface area (Å²) in [4.78, 5) is 32.9. The van der Waals surface area contributed by atoms with Gasteiger partial charge in [0.25, 0.3) is 5.56 Å². The topological polar surface area (TPSA) is 83.0 Å². The Bertz CT molecular complexity index is 1990. The van der Waals surface area contributed by atoms with E-state index in [4.69, 9.17) is 30.5 Å². The molecule has 5 aromatic rings. The standard InChI is InChI=1S/C33H25ClN2O5S/c1-3-40-32(38)28-29(20-8-5-4-6-9-20)35-33-36(30(28)21-12-14-24(39-2)15-13-21)31(37)27(42-33)19-25-16-17-26(41-25)22-10-7-11-23(34)18-22/h4-19,30H,3H2,1-2H3/b27-19-. The van der Waals surface area contributed by atoms with Gasteiger partial charge in [0.1, 0.15) is 17.3 Å². The molecule has 1 aliphatic heterocycles. The van der Waals surface area contributed by atoms with E-state index in [2.05, 4.69) is 0 Å². The van der Waals surface area contributed by atoms with E-state index in [0.29, 0.717) is 37.3 Å². The van der Waals surface area contributed by atoms with Crippen LogP contribution in [0.1, 0.15) is 29.9 Å². The summed E-state index contributed by atoms with van der Waals surface area (Å²) in [7, 11) is 1.59. The highest BCUT2D eigenvalue weighted by molar-refractivity contribution is 7.07. The largest absolute Gasteiger partial charge is 0.497 e. The van der Waals surface area contributed by atoms with Crippen LogP contribution in [0.2, 0.25) is 5.02 Å². The highest BCUT2D eigenvalue weighted by atomic mass is 35.5. The first-order valence-corrected chi connectivity index (χ1v) is 14.4. The van der Waals surface area contributed by atoms with Crippen molar-refractivity contribution in [2.75, 3.05) is 13.7 Å². The number of aromatic nitrogens is 1. The van der Waals surface area contributed by atoms with Crippen molar-refractivity contribution in [1.29, 1.82) is 0 Å². The molecular weight excluding hydrogens is 572 g/mol. The Labute approximate surface area is 250 Å². The number of furan rings is 1. The van der Waals surface area contributed by atoms with Crippen LogP contribution >= 0.6 is 22.9 Å². The lowest BCUT2D eigenvalue weighted by atomic mass is 9.93. The minimum atomic E-state index is -0.776. The third-order valence-electron chi connectivity index (χ3n) is 6.81. The number of carbonyl (C=O) groups is 1. The molecule has 3 aromatic carbocycles. The minimum Gasteiger partial charge on any atom is -0.497 e. The normalized spacial score (nSPS) is 14.8. The Morgan fingerprint density at radius 3 is 2.50 bits per heavy atom. The van der Waals surface area contributed by atoms with Crippen LogP contribution in [-0.2, 0) is 9.53 Å².